The quantitative estimate of drug-likeness (QED) is 0.624. The summed E-state index contributed by atoms with van der Waals surface area (Å²) in [5, 5.41) is 0. The first kappa shape index (κ1) is 17.9. The third-order valence-electron chi connectivity index (χ3n) is 4.47. The lowest BCUT2D eigenvalue weighted by Crippen LogP contribution is -2.26. The van der Waals surface area contributed by atoms with E-state index in [1.807, 2.05) is 24.3 Å². The van der Waals surface area contributed by atoms with Gasteiger partial charge in [0, 0.05) is 38.3 Å². The lowest BCUT2D eigenvalue weighted by Gasteiger charge is -2.24. The molecule has 3 aromatic rings. The zero-order valence-electron chi connectivity index (χ0n) is 15.8. The highest BCUT2D eigenvalue weighted by atomic mass is 15.3. The lowest BCUT2D eigenvalue weighted by molar-refractivity contribution is 0.810. The second-order valence-electron chi connectivity index (χ2n) is 6.29. The Morgan fingerprint density at radius 1 is 0.808 bits per heavy atom. The van der Waals surface area contributed by atoms with Gasteiger partial charge < -0.3 is 9.80 Å². The highest BCUT2D eigenvalue weighted by Gasteiger charge is 2.13. The van der Waals surface area contributed by atoms with Crippen molar-refractivity contribution in [1.29, 1.82) is 0 Å². The minimum atomic E-state index is 0.784. The minimum Gasteiger partial charge on any atom is -0.355 e. The van der Waals surface area contributed by atoms with E-state index in [0.717, 1.165) is 42.7 Å². The fourth-order valence-corrected chi connectivity index (χ4v) is 2.96. The van der Waals surface area contributed by atoms with Gasteiger partial charge in [0.25, 0.3) is 0 Å². The molecule has 0 aliphatic carbocycles. The molecule has 0 unspecified atom stereocenters. The fourth-order valence-electron chi connectivity index (χ4n) is 2.96. The highest BCUT2D eigenvalue weighted by Crippen LogP contribution is 2.25. The van der Waals surface area contributed by atoms with E-state index in [1.165, 1.54) is 5.56 Å². The molecule has 3 rings (SSSR count). The van der Waals surface area contributed by atoms with Gasteiger partial charge in [-0.25, -0.2) is 4.98 Å². The monoisotopic (exact) mass is 346 g/mol. The van der Waals surface area contributed by atoms with Crippen molar-refractivity contribution in [1.82, 2.24) is 9.97 Å². The Bertz CT molecular complexity index is 814. The van der Waals surface area contributed by atoms with Crippen molar-refractivity contribution in [3.63, 3.8) is 0 Å². The molecule has 1 heterocycles. The van der Waals surface area contributed by atoms with Gasteiger partial charge in [-0.3, -0.25) is 0 Å². The molecule has 4 nitrogen and oxygen atoms in total. The van der Waals surface area contributed by atoms with Crippen LogP contribution >= 0.6 is 0 Å². The maximum absolute atomic E-state index is 4.84. The summed E-state index contributed by atoms with van der Waals surface area (Å²) < 4.78 is 0. The summed E-state index contributed by atoms with van der Waals surface area (Å²) >= 11 is 0. The number of nitrogens with zero attached hydrogens (tertiary/aromatic N) is 4. The first-order chi connectivity index (χ1) is 12.7. The van der Waals surface area contributed by atoms with Gasteiger partial charge in [-0.15, -0.1) is 0 Å². The van der Waals surface area contributed by atoms with Crippen molar-refractivity contribution in [2.45, 2.75) is 20.4 Å². The molecule has 0 aliphatic heterocycles. The molecule has 134 valence electrons. The summed E-state index contributed by atoms with van der Waals surface area (Å²) in [4.78, 5) is 14.0. The molecule has 0 aliphatic rings. The van der Waals surface area contributed by atoms with E-state index < -0.39 is 0 Å². The topological polar surface area (TPSA) is 32.3 Å². The van der Waals surface area contributed by atoms with E-state index in [4.69, 9.17) is 9.97 Å². The zero-order valence-corrected chi connectivity index (χ0v) is 15.8. The van der Waals surface area contributed by atoms with Gasteiger partial charge in [0.05, 0.1) is 5.69 Å². The third-order valence-corrected chi connectivity index (χ3v) is 4.47. The minimum absolute atomic E-state index is 0.784. The van der Waals surface area contributed by atoms with Crippen molar-refractivity contribution in [3.8, 4) is 11.3 Å². The summed E-state index contributed by atoms with van der Waals surface area (Å²) in [6, 6.07) is 22.8. The van der Waals surface area contributed by atoms with E-state index in [2.05, 4.69) is 73.2 Å². The number of rotatable bonds is 7. The molecular weight excluding hydrogens is 320 g/mol. The number of hydrogen-bond acceptors (Lipinski definition) is 4. The summed E-state index contributed by atoms with van der Waals surface area (Å²) in [5.41, 5.74) is 3.33. The average Bonchev–Trinajstić information content (AvgIpc) is 2.70. The Labute approximate surface area is 156 Å². The fraction of sp³-hybridized carbons (Fsp3) is 0.273. The smallest absolute Gasteiger partial charge is 0.227 e. The van der Waals surface area contributed by atoms with Gasteiger partial charge >= 0.3 is 0 Å². The van der Waals surface area contributed by atoms with Crippen LogP contribution < -0.4 is 9.80 Å². The molecule has 0 atom stereocenters. The van der Waals surface area contributed by atoms with Gasteiger partial charge in [-0.05, 0) is 19.4 Å². The van der Waals surface area contributed by atoms with Crippen molar-refractivity contribution in [3.05, 3.63) is 72.3 Å². The standard InChI is InChI=1S/C22H26N4/c1-4-26(5-2)22-23-20(19-14-10-7-11-15-19)16-21(24-22)25(3)17-18-12-8-6-9-13-18/h6-16H,4-5,17H2,1-3H3. The van der Waals surface area contributed by atoms with Crippen LogP contribution in [0.1, 0.15) is 19.4 Å². The summed E-state index contributed by atoms with van der Waals surface area (Å²) in [6.45, 7) is 6.85. The maximum Gasteiger partial charge on any atom is 0.227 e. The van der Waals surface area contributed by atoms with Crippen LogP contribution in [0.4, 0.5) is 11.8 Å². The molecule has 1 aromatic heterocycles. The number of aromatic nitrogens is 2. The predicted molar refractivity (Wildman–Crippen MR) is 110 cm³/mol. The van der Waals surface area contributed by atoms with E-state index in [-0.39, 0.29) is 0 Å². The molecule has 0 N–H and O–H groups in total. The Morgan fingerprint density at radius 3 is 2.04 bits per heavy atom. The van der Waals surface area contributed by atoms with E-state index >= 15 is 0 Å². The second kappa shape index (κ2) is 8.48. The van der Waals surface area contributed by atoms with E-state index in [1.54, 1.807) is 0 Å². The molecular formula is C22H26N4. The van der Waals surface area contributed by atoms with Gasteiger partial charge in [0.15, 0.2) is 0 Å². The largest absolute Gasteiger partial charge is 0.355 e. The molecule has 2 aromatic carbocycles. The van der Waals surface area contributed by atoms with E-state index in [9.17, 15) is 0 Å². The zero-order chi connectivity index (χ0) is 18.4. The Balaban J connectivity index is 1.99. The van der Waals surface area contributed by atoms with E-state index in [0.29, 0.717) is 0 Å². The van der Waals surface area contributed by atoms with Gasteiger partial charge in [0.2, 0.25) is 5.95 Å². The van der Waals surface area contributed by atoms with Crippen LogP contribution in [0.15, 0.2) is 66.7 Å². The van der Waals surface area contributed by atoms with Crippen LogP contribution in [0.3, 0.4) is 0 Å². The average molecular weight is 346 g/mol. The maximum atomic E-state index is 4.84. The molecule has 0 amide bonds. The van der Waals surface area contributed by atoms with Crippen molar-refractivity contribution in [2.75, 3.05) is 29.9 Å². The molecule has 0 saturated heterocycles. The van der Waals surface area contributed by atoms with Crippen LogP contribution in [0.25, 0.3) is 11.3 Å². The van der Waals surface area contributed by atoms with Crippen LogP contribution in [0, 0.1) is 0 Å². The lowest BCUT2D eigenvalue weighted by atomic mass is 10.1. The predicted octanol–water partition coefficient (Wildman–Crippen LogP) is 4.63. The highest BCUT2D eigenvalue weighted by molar-refractivity contribution is 5.65. The molecule has 0 saturated carbocycles. The van der Waals surface area contributed by atoms with Crippen LogP contribution in [0.5, 0.6) is 0 Å². The van der Waals surface area contributed by atoms with Gasteiger partial charge in [-0.2, -0.15) is 4.98 Å². The second-order valence-corrected chi connectivity index (χ2v) is 6.29. The number of benzene rings is 2. The SMILES string of the molecule is CCN(CC)c1nc(-c2ccccc2)cc(N(C)Cc2ccccc2)n1. The van der Waals surface area contributed by atoms with Crippen LogP contribution in [-0.2, 0) is 6.54 Å². The Hall–Kier alpha value is -2.88. The van der Waals surface area contributed by atoms with Crippen molar-refractivity contribution >= 4 is 11.8 Å². The summed E-state index contributed by atoms with van der Waals surface area (Å²) in [5.74, 6) is 1.72. The first-order valence-corrected chi connectivity index (χ1v) is 9.15. The number of anilines is 2. The first-order valence-electron chi connectivity index (χ1n) is 9.15. The Kier molecular flexibility index (Phi) is 5.84. The van der Waals surface area contributed by atoms with Crippen LogP contribution in [0.2, 0.25) is 0 Å². The molecule has 0 bridgehead atoms. The number of hydrogen-bond donors (Lipinski definition) is 0. The van der Waals surface area contributed by atoms with Crippen molar-refractivity contribution in [2.24, 2.45) is 0 Å². The molecule has 26 heavy (non-hydrogen) atoms. The van der Waals surface area contributed by atoms with Gasteiger partial charge in [-0.1, -0.05) is 60.7 Å². The normalized spacial score (nSPS) is 10.6. The van der Waals surface area contributed by atoms with Gasteiger partial charge in [0.1, 0.15) is 5.82 Å². The third kappa shape index (κ3) is 4.20. The molecule has 0 spiro atoms. The summed E-state index contributed by atoms with van der Waals surface area (Å²) in [6.07, 6.45) is 0. The van der Waals surface area contributed by atoms with Crippen LogP contribution in [-0.4, -0.2) is 30.1 Å². The molecule has 0 radical (unpaired) electrons. The summed E-state index contributed by atoms with van der Waals surface area (Å²) in [7, 11) is 2.08. The Morgan fingerprint density at radius 2 is 1.42 bits per heavy atom. The molecule has 4 heteroatoms. The molecule has 0 fully saturated rings. The van der Waals surface area contributed by atoms with Crippen molar-refractivity contribution < 1.29 is 0 Å².